The van der Waals surface area contributed by atoms with Gasteiger partial charge in [0.15, 0.2) is 0 Å². The van der Waals surface area contributed by atoms with E-state index in [-0.39, 0.29) is 17.6 Å². The number of carbonyl (C=O) groups is 2. The first-order valence-corrected chi connectivity index (χ1v) is 8.37. The smallest absolute Gasteiger partial charge is 0.247 e. The molecule has 104 valence electrons. The number of amides is 2. The highest BCUT2D eigenvalue weighted by Crippen LogP contribution is 2.50. The average molecular weight is 283 g/mol. The summed E-state index contributed by atoms with van der Waals surface area (Å²) in [5.74, 6) is -1.95. The Morgan fingerprint density at radius 2 is 1.58 bits per heavy atom. The highest BCUT2D eigenvalue weighted by molar-refractivity contribution is 7.90. The fourth-order valence-corrected chi connectivity index (χ4v) is 5.16. The van der Waals surface area contributed by atoms with Gasteiger partial charge >= 0.3 is 0 Å². The van der Waals surface area contributed by atoms with Gasteiger partial charge in [-0.1, -0.05) is 19.1 Å². The molecule has 0 aromatic carbocycles. The Morgan fingerprint density at radius 3 is 1.95 bits per heavy atom. The molecular formula is C13H17NO4S. The number of rotatable bonds is 3. The molecule has 1 saturated heterocycles. The maximum atomic E-state index is 12.4. The summed E-state index contributed by atoms with van der Waals surface area (Å²) in [6.45, 7) is 1.72. The molecule has 19 heavy (non-hydrogen) atoms. The minimum absolute atomic E-state index is 0.0354. The second-order valence-corrected chi connectivity index (χ2v) is 7.54. The van der Waals surface area contributed by atoms with Crippen LogP contribution in [0.3, 0.4) is 0 Å². The lowest BCUT2D eigenvalue weighted by Gasteiger charge is -2.38. The van der Waals surface area contributed by atoms with Crippen molar-refractivity contribution in [1.29, 1.82) is 0 Å². The van der Waals surface area contributed by atoms with E-state index in [9.17, 15) is 18.0 Å². The van der Waals surface area contributed by atoms with Gasteiger partial charge in [0, 0.05) is 0 Å². The Kier molecular flexibility index (Phi) is 2.81. The third kappa shape index (κ3) is 1.69. The number of imide groups is 1. The Labute approximate surface area is 112 Å². The van der Waals surface area contributed by atoms with Gasteiger partial charge in [0.1, 0.15) is 0 Å². The summed E-state index contributed by atoms with van der Waals surface area (Å²) in [6.07, 6.45) is 6.12. The number of allylic oxidation sites excluding steroid dienone is 2. The fraction of sp³-hybridized carbons (Fsp3) is 0.692. The van der Waals surface area contributed by atoms with E-state index in [0.29, 0.717) is 10.7 Å². The topological polar surface area (TPSA) is 71.5 Å². The quantitative estimate of drug-likeness (QED) is 0.570. The van der Waals surface area contributed by atoms with Crippen LogP contribution in [-0.4, -0.2) is 30.3 Å². The van der Waals surface area contributed by atoms with E-state index < -0.39 is 33.7 Å². The standard InChI is InChI=1S/C13H17NO4S/c1-2-7-19(17,18)14-12(15)10-8-3-4-9(6-5-8)11(10)13(14)16/h3-4,8-11H,2,5-7H2,1H3. The minimum Gasteiger partial charge on any atom is -0.273 e. The highest BCUT2D eigenvalue weighted by atomic mass is 32.2. The van der Waals surface area contributed by atoms with Gasteiger partial charge in [-0.25, -0.2) is 8.42 Å². The zero-order chi connectivity index (χ0) is 13.8. The van der Waals surface area contributed by atoms with Gasteiger partial charge in [-0.3, -0.25) is 9.59 Å². The van der Waals surface area contributed by atoms with Crippen LogP contribution < -0.4 is 0 Å². The number of fused-ring (bicyclic) bond motifs is 1. The molecule has 0 N–H and O–H groups in total. The molecule has 2 fully saturated rings. The van der Waals surface area contributed by atoms with Crippen molar-refractivity contribution in [2.45, 2.75) is 26.2 Å². The summed E-state index contributed by atoms with van der Waals surface area (Å²) >= 11 is 0. The fourth-order valence-electron chi connectivity index (χ4n) is 3.67. The third-order valence-corrected chi connectivity index (χ3v) is 6.30. The Morgan fingerprint density at radius 1 is 1.11 bits per heavy atom. The summed E-state index contributed by atoms with van der Waals surface area (Å²) < 4.78 is 24.8. The van der Waals surface area contributed by atoms with Crippen molar-refractivity contribution in [3.63, 3.8) is 0 Å². The third-order valence-electron chi connectivity index (χ3n) is 4.46. The predicted octanol–water partition coefficient (Wildman–Crippen LogP) is 0.923. The Hall–Kier alpha value is -1.17. The molecule has 0 aromatic heterocycles. The van der Waals surface area contributed by atoms with E-state index >= 15 is 0 Å². The van der Waals surface area contributed by atoms with E-state index in [1.807, 2.05) is 12.2 Å². The first-order chi connectivity index (χ1) is 8.97. The summed E-state index contributed by atoms with van der Waals surface area (Å²) in [5, 5.41) is 0. The van der Waals surface area contributed by atoms with Crippen molar-refractivity contribution in [2.24, 2.45) is 23.7 Å². The maximum Gasteiger partial charge on any atom is 0.247 e. The molecule has 3 aliphatic carbocycles. The first kappa shape index (κ1) is 12.8. The molecule has 1 saturated carbocycles. The molecule has 4 unspecified atom stereocenters. The van der Waals surface area contributed by atoms with E-state index in [0.717, 1.165) is 12.8 Å². The first-order valence-electron chi connectivity index (χ1n) is 6.76. The molecule has 1 heterocycles. The lowest BCUT2D eigenvalue weighted by atomic mass is 9.63. The molecule has 4 rings (SSSR count). The number of hydrogen-bond acceptors (Lipinski definition) is 4. The van der Waals surface area contributed by atoms with Crippen LogP contribution in [0.4, 0.5) is 0 Å². The second kappa shape index (κ2) is 4.16. The van der Waals surface area contributed by atoms with Gasteiger partial charge in [0.25, 0.3) is 0 Å². The molecule has 4 aliphatic rings. The van der Waals surface area contributed by atoms with Crippen molar-refractivity contribution >= 4 is 21.8 Å². The van der Waals surface area contributed by atoms with Crippen LogP contribution in [0.1, 0.15) is 26.2 Å². The predicted molar refractivity (Wildman–Crippen MR) is 68.3 cm³/mol. The van der Waals surface area contributed by atoms with E-state index in [4.69, 9.17) is 0 Å². The molecule has 1 aliphatic heterocycles. The van der Waals surface area contributed by atoms with Crippen LogP contribution in [0.25, 0.3) is 0 Å². The monoisotopic (exact) mass is 283 g/mol. The Balaban J connectivity index is 2.00. The summed E-state index contributed by atoms with van der Waals surface area (Å²) in [5.41, 5.74) is 0. The summed E-state index contributed by atoms with van der Waals surface area (Å²) in [4.78, 5) is 24.7. The van der Waals surface area contributed by atoms with E-state index in [1.165, 1.54) is 0 Å². The van der Waals surface area contributed by atoms with Crippen LogP contribution in [0.2, 0.25) is 0 Å². The SMILES string of the molecule is CCCS(=O)(=O)N1C(=O)C2C3C=CC(CC3)C2C1=O. The molecule has 0 aromatic rings. The molecule has 5 nitrogen and oxygen atoms in total. The number of carbonyl (C=O) groups excluding carboxylic acids is 2. The average Bonchev–Trinajstić information content (AvgIpc) is 2.66. The van der Waals surface area contributed by atoms with Gasteiger partial charge in [-0.05, 0) is 31.1 Å². The zero-order valence-electron chi connectivity index (χ0n) is 10.8. The van der Waals surface area contributed by atoms with Crippen LogP contribution in [-0.2, 0) is 19.6 Å². The van der Waals surface area contributed by atoms with Crippen molar-refractivity contribution in [2.75, 3.05) is 5.75 Å². The largest absolute Gasteiger partial charge is 0.273 e. The molecule has 6 heteroatoms. The van der Waals surface area contributed by atoms with Crippen molar-refractivity contribution in [3.8, 4) is 0 Å². The number of hydrogen-bond donors (Lipinski definition) is 0. The summed E-state index contributed by atoms with van der Waals surface area (Å²) in [7, 11) is -3.78. The van der Waals surface area contributed by atoms with Gasteiger partial charge < -0.3 is 0 Å². The van der Waals surface area contributed by atoms with E-state index in [1.54, 1.807) is 6.92 Å². The molecule has 0 spiro atoms. The minimum atomic E-state index is -3.78. The summed E-state index contributed by atoms with van der Waals surface area (Å²) in [6, 6.07) is 0. The van der Waals surface area contributed by atoms with Gasteiger partial charge in [0.2, 0.25) is 21.8 Å². The number of nitrogens with zero attached hydrogens (tertiary/aromatic N) is 1. The molecule has 2 bridgehead atoms. The van der Waals surface area contributed by atoms with Crippen LogP contribution >= 0.6 is 0 Å². The van der Waals surface area contributed by atoms with Crippen LogP contribution in [0.15, 0.2) is 12.2 Å². The molecule has 2 amide bonds. The van der Waals surface area contributed by atoms with Crippen molar-refractivity contribution in [3.05, 3.63) is 12.2 Å². The Bertz CT molecular complexity index is 533. The zero-order valence-corrected chi connectivity index (χ0v) is 11.6. The van der Waals surface area contributed by atoms with Gasteiger partial charge in [-0.2, -0.15) is 4.31 Å². The van der Waals surface area contributed by atoms with Gasteiger partial charge in [-0.15, -0.1) is 0 Å². The van der Waals surface area contributed by atoms with Crippen molar-refractivity contribution in [1.82, 2.24) is 4.31 Å². The number of sulfonamides is 1. The second-order valence-electron chi connectivity index (χ2n) is 5.60. The molecule has 0 radical (unpaired) electrons. The van der Waals surface area contributed by atoms with Crippen LogP contribution in [0.5, 0.6) is 0 Å². The maximum absolute atomic E-state index is 12.4. The lowest BCUT2D eigenvalue weighted by molar-refractivity contribution is -0.134. The lowest BCUT2D eigenvalue weighted by Crippen LogP contribution is -2.39. The normalized spacial score (nSPS) is 37.0. The molecular weight excluding hydrogens is 266 g/mol. The highest BCUT2D eigenvalue weighted by Gasteiger charge is 2.59. The van der Waals surface area contributed by atoms with Crippen molar-refractivity contribution < 1.29 is 18.0 Å². The van der Waals surface area contributed by atoms with Crippen LogP contribution in [0, 0.1) is 23.7 Å². The van der Waals surface area contributed by atoms with Gasteiger partial charge in [0.05, 0.1) is 17.6 Å². The van der Waals surface area contributed by atoms with E-state index in [2.05, 4.69) is 0 Å². The molecule has 4 atom stereocenters.